The van der Waals surface area contributed by atoms with Gasteiger partial charge < -0.3 is 9.88 Å². The highest BCUT2D eigenvalue weighted by Crippen LogP contribution is 2.29. The van der Waals surface area contributed by atoms with Crippen molar-refractivity contribution in [3.63, 3.8) is 0 Å². The lowest BCUT2D eigenvalue weighted by molar-refractivity contribution is -0.137. The third-order valence-electron chi connectivity index (χ3n) is 3.74. The van der Waals surface area contributed by atoms with Gasteiger partial charge in [0.25, 0.3) is 5.91 Å². The Labute approximate surface area is 135 Å². The second-order valence-electron chi connectivity index (χ2n) is 5.34. The second-order valence-corrected chi connectivity index (χ2v) is 5.34. The van der Waals surface area contributed by atoms with Crippen molar-refractivity contribution < 1.29 is 18.0 Å². The third-order valence-corrected chi connectivity index (χ3v) is 3.74. The zero-order chi connectivity index (χ0) is 17.3. The minimum Gasteiger partial charge on any atom is -0.345 e. The number of amides is 1. The number of aromatic nitrogens is 2. The van der Waals surface area contributed by atoms with Gasteiger partial charge in [0.15, 0.2) is 0 Å². The Hall–Kier alpha value is -2.83. The predicted molar refractivity (Wildman–Crippen MR) is 83.3 cm³/mol. The molecular weight excluding hydrogens is 319 g/mol. The average Bonchev–Trinajstić information content (AvgIpc) is 2.88. The fourth-order valence-corrected chi connectivity index (χ4v) is 2.45. The van der Waals surface area contributed by atoms with Gasteiger partial charge in [0, 0.05) is 12.6 Å². The molecule has 24 heavy (non-hydrogen) atoms. The number of nitrogens with zero attached hydrogens (tertiary/aromatic N) is 2. The maximum atomic E-state index is 12.7. The van der Waals surface area contributed by atoms with E-state index in [4.69, 9.17) is 0 Å². The van der Waals surface area contributed by atoms with E-state index in [9.17, 15) is 18.0 Å². The molecule has 0 saturated heterocycles. The fourth-order valence-electron chi connectivity index (χ4n) is 2.45. The smallest absolute Gasteiger partial charge is 0.345 e. The number of carbonyl (C=O) groups is 1. The monoisotopic (exact) mass is 333 g/mol. The number of para-hydroxylation sites is 2. The van der Waals surface area contributed by atoms with Gasteiger partial charge >= 0.3 is 6.18 Å². The van der Waals surface area contributed by atoms with Crippen molar-refractivity contribution in [1.82, 2.24) is 14.9 Å². The zero-order valence-electron chi connectivity index (χ0n) is 12.8. The van der Waals surface area contributed by atoms with Gasteiger partial charge in [-0.3, -0.25) is 4.79 Å². The predicted octanol–water partition coefficient (Wildman–Crippen LogP) is 3.52. The summed E-state index contributed by atoms with van der Waals surface area (Å²) in [5, 5.41) is 2.61. The molecule has 0 bridgehead atoms. The minimum absolute atomic E-state index is 0.0383. The molecule has 0 unspecified atom stereocenters. The number of imidazole rings is 1. The van der Waals surface area contributed by atoms with E-state index in [1.165, 1.54) is 12.1 Å². The molecule has 1 aromatic heterocycles. The largest absolute Gasteiger partial charge is 0.416 e. The van der Waals surface area contributed by atoms with Crippen molar-refractivity contribution in [2.24, 2.45) is 7.05 Å². The number of alkyl halides is 3. The molecule has 0 aliphatic carbocycles. The van der Waals surface area contributed by atoms with Crippen molar-refractivity contribution >= 4 is 16.9 Å². The number of nitrogens with one attached hydrogen (secondary N) is 1. The number of rotatable bonds is 3. The topological polar surface area (TPSA) is 46.9 Å². The number of fused-ring (bicyclic) bond motifs is 1. The van der Waals surface area contributed by atoms with Gasteiger partial charge in [-0.25, -0.2) is 4.98 Å². The molecule has 0 atom stereocenters. The number of benzene rings is 2. The van der Waals surface area contributed by atoms with Crippen LogP contribution in [-0.4, -0.2) is 15.5 Å². The lowest BCUT2D eigenvalue weighted by atomic mass is 10.1. The molecule has 0 aliphatic rings. The SMILES string of the molecule is Cn1c(CNC(=O)c2cccc(C(F)(F)F)c2)nc2ccccc21. The molecular formula is C17H14F3N3O. The minimum atomic E-state index is -4.48. The maximum absolute atomic E-state index is 12.7. The summed E-state index contributed by atoms with van der Waals surface area (Å²) in [6, 6.07) is 11.8. The van der Waals surface area contributed by atoms with Crippen LogP contribution in [0.15, 0.2) is 48.5 Å². The Kier molecular flexibility index (Phi) is 4.01. The number of hydrogen-bond acceptors (Lipinski definition) is 2. The van der Waals surface area contributed by atoms with Crippen molar-refractivity contribution in [1.29, 1.82) is 0 Å². The van der Waals surface area contributed by atoms with Crippen LogP contribution in [0.1, 0.15) is 21.7 Å². The van der Waals surface area contributed by atoms with E-state index in [0.29, 0.717) is 5.82 Å². The van der Waals surface area contributed by atoms with Crippen LogP contribution in [0.4, 0.5) is 13.2 Å². The molecule has 1 N–H and O–H groups in total. The molecule has 2 aromatic carbocycles. The Morgan fingerprint density at radius 2 is 1.92 bits per heavy atom. The first-order valence-corrected chi connectivity index (χ1v) is 7.22. The van der Waals surface area contributed by atoms with Gasteiger partial charge in [0.2, 0.25) is 0 Å². The van der Waals surface area contributed by atoms with Crippen molar-refractivity contribution in [3.8, 4) is 0 Å². The molecule has 0 saturated carbocycles. The van der Waals surface area contributed by atoms with E-state index in [-0.39, 0.29) is 12.1 Å². The fraction of sp³-hybridized carbons (Fsp3) is 0.176. The quantitative estimate of drug-likeness (QED) is 0.797. The van der Waals surface area contributed by atoms with Crippen LogP contribution < -0.4 is 5.32 Å². The molecule has 1 heterocycles. The Balaban J connectivity index is 1.77. The second kappa shape index (κ2) is 5.99. The van der Waals surface area contributed by atoms with Gasteiger partial charge in [-0.1, -0.05) is 18.2 Å². The summed E-state index contributed by atoms with van der Waals surface area (Å²) in [6.45, 7) is 0.125. The van der Waals surface area contributed by atoms with Crippen molar-refractivity contribution in [2.75, 3.05) is 0 Å². The molecule has 0 radical (unpaired) electrons. The third kappa shape index (κ3) is 3.10. The van der Waals surface area contributed by atoms with E-state index in [1.54, 1.807) is 0 Å². The van der Waals surface area contributed by atoms with Gasteiger partial charge in [-0.15, -0.1) is 0 Å². The number of halogens is 3. The van der Waals surface area contributed by atoms with Gasteiger partial charge in [-0.2, -0.15) is 13.2 Å². The summed E-state index contributed by atoms with van der Waals surface area (Å²) in [6.07, 6.45) is -4.48. The van der Waals surface area contributed by atoms with Gasteiger partial charge in [-0.05, 0) is 30.3 Å². The van der Waals surface area contributed by atoms with Gasteiger partial charge in [0.05, 0.1) is 23.1 Å². The summed E-state index contributed by atoms with van der Waals surface area (Å²) < 4.78 is 40.0. The molecule has 1 amide bonds. The molecule has 0 spiro atoms. The van der Waals surface area contributed by atoms with Crippen LogP contribution in [-0.2, 0) is 19.8 Å². The molecule has 0 aliphatic heterocycles. The summed E-state index contributed by atoms with van der Waals surface area (Å²) in [5.41, 5.74) is 0.825. The highest BCUT2D eigenvalue weighted by molar-refractivity contribution is 5.94. The summed E-state index contributed by atoms with van der Waals surface area (Å²) in [7, 11) is 1.82. The zero-order valence-corrected chi connectivity index (χ0v) is 12.8. The normalized spacial score (nSPS) is 11.7. The lowest BCUT2D eigenvalue weighted by Gasteiger charge is -2.09. The van der Waals surface area contributed by atoms with Gasteiger partial charge in [0.1, 0.15) is 5.82 Å². The van der Waals surface area contributed by atoms with Crippen LogP contribution in [0.5, 0.6) is 0 Å². The Bertz CT molecular complexity index is 899. The molecule has 4 nitrogen and oxygen atoms in total. The number of aryl methyl sites for hydroxylation is 1. The van der Waals surface area contributed by atoms with Crippen LogP contribution in [0.2, 0.25) is 0 Å². The summed E-state index contributed by atoms with van der Waals surface area (Å²) in [4.78, 5) is 16.5. The lowest BCUT2D eigenvalue weighted by Crippen LogP contribution is -2.24. The first kappa shape index (κ1) is 16.0. The Morgan fingerprint density at radius 3 is 2.62 bits per heavy atom. The van der Waals surface area contributed by atoms with E-state index in [2.05, 4.69) is 10.3 Å². The molecule has 124 valence electrons. The molecule has 7 heteroatoms. The van der Waals surface area contributed by atoms with Crippen LogP contribution >= 0.6 is 0 Å². The molecule has 0 fully saturated rings. The van der Waals surface area contributed by atoms with E-state index in [0.717, 1.165) is 23.2 Å². The highest BCUT2D eigenvalue weighted by Gasteiger charge is 2.30. The van der Waals surface area contributed by atoms with Crippen LogP contribution in [0.25, 0.3) is 11.0 Å². The first-order chi connectivity index (χ1) is 11.4. The van der Waals surface area contributed by atoms with Crippen molar-refractivity contribution in [3.05, 3.63) is 65.5 Å². The molecule has 3 aromatic rings. The van der Waals surface area contributed by atoms with Crippen LogP contribution in [0.3, 0.4) is 0 Å². The number of carbonyl (C=O) groups excluding carboxylic acids is 1. The van der Waals surface area contributed by atoms with E-state index in [1.807, 2.05) is 35.9 Å². The van der Waals surface area contributed by atoms with E-state index < -0.39 is 17.6 Å². The highest BCUT2D eigenvalue weighted by atomic mass is 19.4. The molecule has 3 rings (SSSR count). The Morgan fingerprint density at radius 1 is 1.17 bits per heavy atom. The van der Waals surface area contributed by atoms with Crippen LogP contribution in [0, 0.1) is 0 Å². The first-order valence-electron chi connectivity index (χ1n) is 7.22. The standard InChI is InChI=1S/C17H14F3N3O/c1-23-14-8-3-2-7-13(14)22-15(23)10-21-16(24)11-5-4-6-12(9-11)17(18,19)20/h2-9H,10H2,1H3,(H,21,24). The summed E-state index contributed by atoms with van der Waals surface area (Å²) in [5.74, 6) is 0.0460. The maximum Gasteiger partial charge on any atom is 0.416 e. The van der Waals surface area contributed by atoms with Crippen molar-refractivity contribution in [2.45, 2.75) is 12.7 Å². The number of hydrogen-bond donors (Lipinski definition) is 1. The van der Waals surface area contributed by atoms with E-state index >= 15 is 0 Å². The summed E-state index contributed by atoms with van der Waals surface area (Å²) >= 11 is 0. The average molecular weight is 333 g/mol.